The van der Waals surface area contributed by atoms with Gasteiger partial charge in [-0.05, 0) is 24.3 Å². The molecule has 4 aromatic heterocycles. The smallest absolute Gasteiger partial charge is 0.324 e. The van der Waals surface area contributed by atoms with E-state index in [1.165, 1.54) is 0 Å². The van der Waals surface area contributed by atoms with Crippen LogP contribution in [0.4, 0.5) is 11.6 Å². The van der Waals surface area contributed by atoms with E-state index in [2.05, 4.69) is 45.4 Å². The normalized spacial score (nSPS) is 16.7. The number of ether oxygens (including phenoxy) is 4. The molecule has 264 valence electrons. The average Bonchev–Trinajstić information content (AvgIpc) is 3.19. The van der Waals surface area contributed by atoms with Crippen molar-refractivity contribution in [2.75, 3.05) is 75.4 Å². The third-order valence-electron chi connectivity index (χ3n) is 9.27. The molecule has 0 unspecified atom stereocenters. The van der Waals surface area contributed by atoms with Gasteiger partial charge in [-0.2, -0.15) is 4.98 Å². The number of hydrogen-bond donors (Lipinski definition) is 2. The summed E-state index contributed by atoms with van der Waals surface area (Å²) in [6.45, 7) is 8.17. The molecule has 2 saturated heterocycles. The minimum absolute atomic E-state index is 0.243. The Kier molecular flexibility index (Phi) is 8.84. The highest BCUT2D eigenvalue weighted by Gasteiger charge is 2.23. The fourth-order valence-corrected chi connectivity index (χ4v) is 6.60. The van der Waals surface area contributed by atoms with Crippen molar-refractivity contribution in [2.24, 2.45) is 0 Å². The number of nitrogens with one attached hydrogen (secondary N) is 2. The summed E-state index contributed by atoms with van der Waals surface area (Å²) in [6, 6.07) is 13.9. The number of benzene rings is 2. The molecule has 15 nitrogen and oxygen atoms in total. The fourth-order valence-electron chi connectivity index (χ4n) is 6.60. The summed E-state index contributed by atoms with van der Waals surface area (Å²) >= 11 is 0. The maximum Gasteiger partial charge on any atom is 0.324 e. The van der Waals surface area contributed by atoms with E-state index >= 15 is 0 Å². The molecule has 0 atom stereocenters. The topological polar surface area (TPSA) is 158 Å². The van der Waals surface area contributed by atoms with Crippen LogP contribution < -0.4 is 39.4 Å². The zero-order valence-electron chi connectivity index (χ0n) is 28.5. The van der Waals surface area contributed by atoms with Gasteiger partial charge in [0.25, 0.3) is 11.8 Å². The van der Waals surface area contributed by atoms with Crippen molar-refractivity contribution in [1.29, 1.82) is 0 Å². The Balaban J connectivity index is 0.000000138. The largest absolute Gasteiger partial charge is 0.493 e. The van der Waals surface area contributed by atoms with Crippen molar-refractivity contribution in [3.8, 4) is 35.1 Å². The van der Waals surface area contributed by atoms with Crippen LogP contribution in [-0.4, -0.2) is 100 Å². The molecule has 0 spiro atoms. The molecule has 0 radical (unpaired) electrons. The number of piperazine rings is 2. The number of fused-ring (bicyclic) bond motifs is 8. The number of aromatic nitrogens is 7. The van der Waals surface area contributed by atoms with Gasteiger partial charge in [-0.25, -0.2) is 29.9 Å². The van der Waals surface area contributed by atoms with Crippen LogP contribution in [0.1, 0.15) is 11.4 Å². The van der Waals surface area contributed by atoms with Crippen molar-refractivity contribution in [1.82, 2.24) is 45.5 Å². The summed E-state index contributed by atoms with van der Waals surface area (Å²) in [6.07, 6.45) is 8.34. The van der Waals surface area contributed by atoms with Gasteiger partial charge in [-0.1, -0.05) is 18.2 Å². The third-order valence-corrected chi connectivity index (χ3v) is 9.27. The Morgan fingerprint density at radius 2 is 1.19 bits per heavy atom. The van der Waals surface area contributed by atoms with Crippen molar-refractivity contribution in [3.63, 3.8) is 0 Å². The average molecular weight is 700 g/mol. The van der Waals surface area contributed by atoms with Gasteiger partial charge >= 0.3 is 6.01 Å². The number of para-hydroxylation sites is 1. The van der Waals surface area contributed by atoms with Crippen LogP contribution in [0, 0.1) is 0 Å². The third kappa shape index (κ3) is 6.63. The molecule has 0 amide bonds. The maximum atomic E-state index is 6.15. The van der Waals surface area contributed by atoms with E-state index in [0.29, 0.717) is 43.7 Å². The van der Waals surface area contributed by atoms with Gasteiger partial charge in [0, 0.05) is 93.8 Å². The van der Waals surface area contributed by atoms with Crippen molar-refractivity contribution in [2.45, 2.75) is 12.8 Å². The lowest BCUT2D eigenvalue weighted by Crippen LogP contribution is -2.44. The molecule has 6 aliphatic rings. The van der Waals surface area contributed by atoms with E-state index in [1.807, 2.05) is 42.5 Å². The Bertz CT molecular complexity index is 2210. The SMILES string of the molecule is c1cc2c3ccnc(c3c1)Oc1ncc(nc1N1CCNCC1)CCO2.c1cc2c3nc(ncc3c1)Oc1ncc(nc1N1CCNCC1)CCO2. The van der Waals surface area contributed by atoms with Crippen molar-refractivity contribution in [3.05, 3.63) is 78.6 Å². The predicted octanol–water partition coefficient (Wildman–Crippen LogP) is 3.72. The van der Waals surface area contributed by atoms with Crippen LogP contribution in [-0.2, 0) is 12.8 Å². The Hall–Kier alpha value is -5.93. The molecule has 2 fully saturated rings. The summed E-state index contributed by atoms with van der Waals surface area (Å²) in [5.74, 6) is 4.53. The fraction of sp³-hybridized carbons (Fsp3) is 0.324. The number of nitrogens with zero attached hydrogens (tertiary/aromatic N) is 9. The van der Waals surface area contributed by atoms with Crippen molar-refractivity contribution < 1.29 is 18.9 Å². The van der Waals surface area contributed by atoms with E-state index in [0.717, 1.165) is 109 Å². The lowest BCUT2D eigenvalue weighted by Gasteiger charge is -2.29. The number of anilines is 2. The number of hydrogen-bond acceptors (Lipinski definition) is 15. The molecule has 0 saturated carbocycles. The van der Waals surface area contributed by atoms with Crippen LogP contribution >= 0.6 is 0 Å². The van der Waals surface area contributed by atoms with Gasteiger partial charge < -0.3 is 39.4 Å². The standard InChI is InChI=1S/C19H19N5O2.C18H18N6O2/c1-2-15-14-4-6-21-18(15)26-19-17(24-9-7-20-8-10-24)23-13(12-22-19)5-11-25-16(14)3-1;1-2-12-10-21-18-23-15(12)14(3-1)25-9-4-13-11-20-17(26-18)16(22-13)24-7-5-19-6-8-24/h1-4,6,12,20H,5,7-11H2;1-3,10-11,19H,4-9H2. The zero-order valence-corrected chi connectivity index (χ0v) is 28.5. The van der Waals surface area contributed by atoms with E-state index in [1.54, 1.807) is 24.8 Å². The van der Waals surface area contributed by atoms with E-state index in [4.69, 9.17) is 28.9 Å². The summed E-state index contributed by atoms with van der Waals surface area (Å²) < 4.78 is 24.0. The first-order chi connectivity index (χ1) is 25.7. The van der Waals surface area contributed by atoms with Gasteiger partial charge in [0.2, 0.25) is 5.88 Å². The summed E-state index contributed by atoms with van der Waals surface area (Å²) in [4.78, 5) is 36.3. The zero-order chi connectivity index (χ0) is 34.7. The van der Waals surface area contributed by atoms with E-state index in [-0.39, 0.29) is 6.01 Å². The van der Waals surface area contributed by atoms with E-state index in [9.17, 15) is 0 Å². The second-order valence-electron chi connectivity index (χ2n) is 12.7. The van der Waals surface area contributed by atoms with Gasteiger partial charge in [0.1, 0.15) is 17.0 Å². The van der Waals surface area contributed by atoms with Crippen LogP contribution in [0.2, 0.25) is 0 Å². The molecule has 15 heteroatoms. The molecule has 0 aliphatic carbocycles. The van der Waals surface area contributed by atoms with Crippen LogP contribution in [0.3, 0.4) is 0 Å². The summed E-state index contributed by atoms with van der Waals surface area (Å²) in [5, 5.41) is 9.51. The first-order valence-electron chi connectivity index (χ1n) is 17.6. The first-order valence-corrected chi connectivity index (χ1v) is 17.6. The minimum atomic E-state index is 0.243. The monoisotopic (exact) mass is 699 g/mol. The van der Waals surface area contributed by atoms with Gasteiger partial charge in [-0.15, -0.1) is 0 Å². The molecule has 10 bridgehead atoms. The molecule has 2 N–H and O–H groups in total. The molecule has 6 aromatic rings. The first kappa shape index (κ1) is 32.0. The Labute approximate surface area is 299 Å². The molecule has 6 aliphatic heterocycles. The highest BCUT2D eigenvalue weighted by Crippen LogP contribution is 2.36. The number of rotatable bonds is 2. The lowest BCUT2D eigenvalue weighted by molar-refractivity contribution is 0.321. The van der Waals surface area contributed by atoms with Gasteiger partial charge in [0.05, 0.1) is 37.0 Å². The molecule has 12 rings (SSSR count). The molecule has 52 heavy (non-hydrogen) atoms. The van der Waals surface area contributed by atoms with E-state index < -0.39 is 0 Å². The predicted molar refractivity (Wildman–Crippen MR) is 194 cm³/mol. The van der Waals surface area contributed by atoms with Crippen LogP contribution in [0.5, 0.6) is 35.1 Å². The number of pyridine rings is 1. The lowest BCUT2D eigenvalue weighted by atomic mass is 10.1. The second kappa shape index (κ2) is 14.4. The Morgan fingerprint density at radius 1 is 0.558 bits per heavy atom. The molecule has 2 aromatic carbocycles. The van der Waals surface area contributed by atoms with Crippen LogP contribution in [0.25, 0.3) is 21.7 Å². The summed E-state index contributed by atoms with van der Waals surface area (Å²) in [5.41, 5.74) is 2.52. The minimum Gasteiger partial charge on any atom is -0.493 e. The Morgan fingerprint density at radius 3 is 1.90 bits per heavy atom. The van der Waals surface area contributed by atoms with Gasteiger partial charge in [-0.3, -0.25) is 0 Å². The van der Waals surface area contributed by atoms with Crippen LogP contribution in [0.15, 0.2) is 67.3 Å². The second-order valence-corrected chi connectivity index (χ2v) is 12.7. The van der Waals surface area contributed by atoms with Crippen molar-refractivity contribution >= 4 is 33.3 Å². The highest BCUT2D eigenvalue weighted by atomic mass is 16.5. The van der Waals surface area contributed by atoms with Gasteiger partial charge in [0.15, 0.2) is 11.6 Å². The quantitative estimate of drug-likeness (QED) is 0.269. The highest BCUT2D eigenvalue weighted by molar-refractivity contribution is 5.92. The maximum absolute atomic E-state index is 6.15. The summed E-state index contributed by atoms with van der Waals surface area (Å²) in [7, 11) is 0. The molecular formula is C37H37N11O4. The molecular weight excluding hydrogens is 662 g/mol. The molecule has 10 heterocycles.